The number of rotatable bonds is 37. The van der Waals surface area contributed by atoms with Crippen LogP contribution >= 0.6 is 0 Å². The number of hydrogen-bond donors (Lipinski definition) is 0. The molecule has 52 heavy (non-hydrogen) atoms. The third-order valence-electron chi connectivity index (χ3n) is 7.84. The minimum atomic E-state index is -2.48. The molecule has 0 fully saturated rings. The molecular weight excluding hydrogens is 715 g/mol. The fourth-order valence-electron chi connectivity index (χ4n) is 5.08. The normalized spacial score (nSPS) is 11.4. The van der Waals surface area contributed by atoms with Crippen molar-refractivity contribution in [3.63, 3.8) is 0 Å². The summed E-state index contributed by atoms with van der Waals surface area (Å²) in [6.07, 6.45) is 29.2. The van der Waals surface area contributed by atoms with Crippen molar-refractivity contribution in [1.29, 1.82) is 0 Å². The lowest BCUT2D eigenvalue weighted by Gasteiger charge is -2.07. The minimum Gasteiger partial charge on any atom is -0.386 e. The van der Waals surface area contributed by atoms with Crippen LogP contribution in [0.2, 0.25) is 0 Å². The molecule has 0 atom stereocenters. The summed E-state index contributed by atoms with van der Waals surface area (Å²) >= 11 is 0. The monoisotopic (exact) mass is 768 g/mol. The summed E-state index contributed by atoms with van der Waals surface area (Å²) in [5, 5.41) is 37.2. The second-order valence-corrected chi connectivity index (χ2v) is 12.0. The highest BCUT2D eigenvalue weighted by Crippen LogP contribution is 2.29. The Bertz CT molecular complexity index is 985. The van der Waals surface area contributed by atoms with E-state index in [4.69, 9.17) is 0 Å². The fraction of sp³-hybridized carbons (Fsp3) is 0.788. The minimum absolute atomic E-state index is 0.228. The van der Waals surface area contributed by atoms with E-state index in [1.165, 1.54) is 128 Å². The zero-order chi connectivity index (χ0) is 37.9. The molecular formula is C33H53F5O14. The number of unbranched alkanes of at least 4 members (excludes halogenated alkanes) is 23. The topological polar surface area (TPSA) is 137 Å². The number of benzene rings is 1. The largest absolute Gasteiger partial charge is 0.548 e. The Balaban J connectivity index is 1.73. The highest BCUT2D eigenvalue weighted by Gasteiger charge is 2.29. The molecule has 0 spiro atoms. The first-order chi connectivity index (χ1) is 25.4. The van der Waals surface area contributed by atoms with Crippen molar-refractivity contribution in [3.8, 4) is 5.75 Å². The van der Waals surface area contributed by atoms with Crippen molar-refractivity contribution >= 4 is 6.16 Å². The standard InChI is InChI=1S/C33H53F5O14/c1-2-3-4-5-6-7-8-9-10-11-12-13-14-15-16-17-18-19-20-21-22-23-24-25-26-40-43-45-47-49-51-52-50-48-46-44-42-33(39)41-32-30(37)28(35)27(34)29(36)31(32)38/h2-26H2,1H3. The van der Waals surface area contributed by atoms with E-state index >= 15 is 0 Å². The Labute approximate surface area is 300 Å². The molecule has 0 saturated heterocycles. The molecule has 0 heterocycles. The quantitative estimate of drug-likeness (QED) is 0.00927. The number of carbonyl (C=O) groups excluding carboxylic acids is 1. The lowest BCUT2D eigenvalue weighted by Crippen LogP contribution is -2.15. The molecule has 0 saturated carbocycles. The zero-order valence-corrected chi connectivity index (χ0v) is 29.8. The third-order valence-corrected chi connectivity index (χ3v) is 7.84. The number of halogens is 5. The molecule has 0 bridgehead atoms. The van der Waals surface area contributed by atoms with Crippen LogP contribution in [0.4, 0.5) is 26.7 Å². The van der Waals surface area contributed by atoms with E-state index in [1.54, 1.807) is 0 Å². The summed E-state index contributed by atoms with van der Waals surface area (Å²) in [6, 6.07) is 0. The molecule has 0 radical (unpaired) electrons. The van der Waals surface area contributed by atoms with E-state index in [1.807, 2.05) is 0 Å². The van der Waals surface area contributed by atoms with Crippen LogP contribution in [-0.4, -0.2) is 12.8 Å². The maximum atomic E-state index is 13.4. The molecule has 0 aliphatic heterocycles. The highest BCUT2D eigenvalue weighted by atomic mass is 19.2. The molecule has 1 aromatic carbocycles. The average molecular weight is 769 g/mol. The first-order valence-electron chi connectivity index (χ1n) is 18.1. The lowest BCUT2D eigenvalue weighted by atomic mass is 10.0. The number of hydrogen-bond acceptors (Lipinski definition) is 14. The molecule has 0 N–H and O–H groups in total. The van der Waals surface area contributed by atoms with Crippen LogP contribution in [0.15, 0.2) is 0 Å². The van der Waals surface area contributed by atoms with Crippen molar-refractivity contribution in [2.75, 3.05) is 6.61 Å². The van der Waals surface area contributed by atoms with Gasteiger partial charge in [-0.3, -0.25) is 0 Å². The van der Waals surface area contributed by atoms with Gasteiger partial charge in [-0.2, -0.15) is 8.78 Å². The molecule has 1 rings (SSSR count). The SMILES string of the molecule is CCCCCCCCCCCCCCCCCCCCCCCCCCOOOOOOOOOOOOC(=O)Oc1c(F)c(F)c(F)c(F)c1F. The van der Waals surface area contributed by atoms with Gasteiger partial charge in [-0.15, -0.1) is 0 Å². The summed E-state index contributed by atoms with van der Waals surface area (Å²) in [4.78, 5) is 19.4. The van der Waals surface area contributed by atoms with E-state index in [9.17, 15) is 26.7 Å². The Morgan fingerprint density at radius 1 is 0.385 bits per heavy atom. The van der Waals surface area contributed by atoms with Gasteiger partial charge in [0.25, 0.3) is 0 Å². The van der Waals surface area contributed by atoms with Crippen LogP contribution in [0.25, 0.3) is 0 Å². The van der Waals surface area contributed by atoms with Gasteiger partial charge in [0.1, 0.15) is 0 Å². The van der Waals surface area contributed by atoms with Gasteiger partial charge in [0, 0.05) is 25.2 Å². The Morgan fingerprint density at radius 2 is 0.673 bits per heavy atom. The van der Waals surface area contributed by atoms with Crippen molar-refractivity contribution in [3.05, 3.63) is 29.1 Å². The Kier molecular flexibility index (Phi) is 31.6. The fourth-order valence-corrected chi connectivity index (χ4v) is 5.08. The molecule has 0 amide bonds. The second-order valence-electron chi connectivity index (χ2n) is 12.0. The van der Waals surface area contributed by atoms with Gasteiger partial charge < -0.3 is 4.74 Å². The first kappa shape index (κ1) is 47.7. The van der Waals surface area contributed by atoms with Crippen LogP contribution in [0.1, 0.15) is 161 Å². The maximum absolute atomic E-state index is 13.4. The van der Waals surface area contributed by atoms with Gasteiger partial charge in [-0.1, -0.05) is 155 Å². The van der Waals surface area contributed by atoms with Crippen LogP contribution in [0.5, 0.6) is 5.75 Å². The van der Waals surface area contributed by atoms with E-state index in [2.05, 4.69) is 71.8 Å². The maximum Gasteiger partial charge on any atom is 0.548 e. The van der Waals surface area contributed by atoms with Gasteiger partial charge in [-0.25, -0.2) is 27.7 Å². The molecule has 0 aliphatic rings. The van der Waals surface area contributed by atoms with Crippen LogP contribution < -0.4 is 4.74 Å². The second kappa shape index (κ2) is 34.5. The lowest BCUT2D eigenvalue weighted by molar-refractivity contribution is -0.862. The summed E-state index contributed by atoms with van der Waals surface area (Å²) in [7, 11) is 0. The Morgan fingerprint density at radius 3 is 1.04 bits per heavy atom. The molecule has 0 aliphatic carbocycles. The highest BCUT2D eigenvalue weighted by molar-refractivity contribution is 5.63. The molecule has 14 nitrogen and oxygen atoms in total. The predicted molar refractivity (Wildman–Crippen MR) is 167 cm³/mol. The predicted octanol–water partition coefficient (Wildman–Crippen LogP) is 11.5. The van der Waals surface area contributed by atoms with Gasteiger partial charge in [0.15, 0.2) is 0 Å². The summed E-state index contributed by atoms with van der Waals surface area (Å²) in [5.41, 5.74) is 0. The van der Waals surface area contributed by atoms with Gasteiger partial charge in [-0.05, 0) is 31.6 Å². The summed E-state index contributed by atoms with van der Waals surface area (Å²) < 4.78 is 69.5. The number of carbonyl (C=O) groups is 1. The molecule has 19 heteroatoms. The summed E-state index contributed by atoms with van der Waals surface area (Å²) in [5.74, 6) is -14.1. The van der Waals surface area contributed by atoms with Gasteiger partial charge in [0.2, 0.25) is 34.8 Å². The van der Waals surface area contributed by atoms with E-state index in [0.717, 1.165) is 25.7 Å². The molecule has 0 aromatic heterocycles. The van der Waals surface area contributed by atoms with Crippen molar-refractivity contribution in [1.82, 2.24) is 0 Å². The third kappa shape index (κ3) is 25.6. The van der Waals surface area contributed by atoms with Crippen LogP contribution in [-0.2, 0) is 60.2 Å². The number of ether oxygens (including phenoxy) is 1. The van der Waals surface area contributed by atoms with Gasteiger partial charge >= 0.3 is 6.16 Å². The molecule has 0 unspecified atom stereocenters. The van der Waals surface area contributed by atoms with Crippen molar-refractivity contribution in [2.45, 2.75) is 161 Å². The van der Waals surface area contributed by atoms with Crippen LogP contribution in [0, 0.1) is 29.1 Å². The van der Waals surface area contributed by atoms with Crippen LogP contribution in [0.3, 0.4) is 0 Å². The average Bonchev–Trinajstić information content (AvgIpc) is 3.14. The molecule has 1 aromatic rings. The smallest absolute Gasteiger partial charge is 0.386 e. The zero-order valence-electron chi connectivity index (χ0n) is 29.8. The summed E-state index contributed by atoms with van der Waals surface area (Å²) in [6.45, 7) is 2.50. The van der Waals surface area contributed by atoms with E-state index in [0.29, 0.717) is 0 Å². The van der Waals surface area contributed by atoms with Gasteiger partial charge in [0.05, 0.1) is 6.61 Å². The van der Waals surface area contributed by atoms with Crippen molar-refractivity contribution in [2.24, 2.45) is 0 Å². The van der Waals surface area contributed by atoms with Crippen molar-refractivity contribution < 1.29 is 91.6 Å². The van der Waals surface area contributed by atoms with E-state index < -0.39 is 41.0 Å². The van der Waals surface area contributed by atoms with E-state index in [-0.39, 0.29) is 6.61 Å². The first-order valence-corrected chi connectivity index (χ1v) is 18.1. The Hall–Kier alpha value is -2.30. The molecule has 304 valence electrons.